The molecule has 0 saturated carbocycles. The fraction of sp³-hybridized carbons (Fsp3) is 0.286. The average molecular weight is 580 g/mol. The highest BCUT2D eigenvalue weighted by Crippen LogP contribution is 2.33. The second-order valence-electron chi connectivity index (χ2n) is 9.63. The lowest BCUT2D eigenvalue weighted by molar-refractivity contribution is -0.152. The van der Waals surface area contributed by atoms with E-state index in [-0.39, 0.29) is 36.7 Å². The Morgan fingerprint density at radius 3 is 2.57 bits per heavy atom. The van der Waals surface area contributed by atoms with Gasteiger partial charge in [-0.2, -0.15) is 4.98 Å². The number of nitrogens with zero attached hydrogens (tertiary/aromatic N) is 3. The topological polar surface area (TPSA) is 164 Å². The van der Waals surface area contributed by atoms with Gasteiger partial charge in [-0.3, -0.25) is 29.3 Å². The number of carbonyl (C=O) groups is 3. The number of aromatic nitrogens is 4. The van der Waals surface area contributed by atoms with Crippen LogP contribution in [-0.2, 0) is 30.3 Å². The van der Waals surface area contributed by atoms with Gasteiger partial charge in [-0.25, -0.2) is 18.5 Å². The third kappa shape index (κ3) is 5.98. The van der Waals surface area contributed by atoms with Gasteiger partial charge in [0.2, 0.25) is 11.9 Å². The number of rotatable bonds is 8. The van der Waals surface area contributed by atoms with E-state index in [0.717, 1.165) is 9.13 Å². The van der Waals surface area contributed by atoms with Crippen molar-refractivity contribution in [3.8, 4) is 0 Å². The lowest BCUT2D eigenvalue weighted by atomic mass is 10.2. The molecule has 13 nitrogen and oxygen atoms in total. The molecule has 0 aliphatic carbocycles. The maximum absolute atomic E-state index is 13.9. The van der Waals surface area contributed by atoms with Crippen molar-refractivity contribution < 1.29 is 33.0 Å². The molecule has 1 saturated heterocycles. The molecule has 2 aromatic heterocycles. The highest BCUT2D eigenvalue weighted by molar-refractivity contribution is 5.89. The molecule has 1 unspecified atom stereocenters. The van der Waals surface area contributed by atoms with E-state index in [1.165, 1.54) is 32.0 Å². The molecule has 2 N–H and O–H groups in total. The number of fused-ring (bicyclic) bond motifs is 1. The van der Waals surface area contributed by atoms with Crippen LogP contribution in [0.2, 0.25) is 0 Å². The van der Waals surface area contributed by atoms with Crippen LogP contribution < -0.4 is 16.6 Å². The Morgan fingerprint density at radius 1 is 1.12 bits per heavy atom. The summed E-state index contributed by atoms with van der Waals surface area (Å²) in [6.07, 6.45) is -3.05. The van der Waals surface area contributed by atoms with Crippen molar-refractivity contribution in [2.45, 2.75) is 45.2 Å². The zero-order chi connectivity index (χ0) is 30.0. The molecule has 1 amide bonds. The van der Waals surface area contributed by atoms with Crippen molar-refractivity contribution in [3.05, 3.63) is 92.4 Å². The molecule has 218 valence electrons. The minimum Gasteiger partial charge on any atom is -0.459 e. The molecule has 0 radical (unpaired) electrons. The molecular weight excluding hydrogens is 553 g/mol. The number of hydrogen-bond acceptors (Lipinski definition) is 9. The first kappa shape index (κ1) is 28.4. The quantitative estimate of drug-likeness (QED) is 0.298. The molecular formula is C28H26FN5O8. The van der Waals surface area contributed by atoms with Gasteiger partial charge in [0.1, 0.15) is 18.5 Å². The van der Waals surface area contributed by atoms with Crippen molar-refractivity contribution >= 4 is 35.0 Å². The van der Waals surface area contributed by atoms with E-state index in [0.29, 0.717) is 11.1 Å². The predicted octanol–water partition coefficient (Wildman–Crippen LogP) is 2.11. The van der Waals surface area contributed by atoms with Crippen molar-refractivity contribution in [1.29, 1.82) is 0 Å². The van der Waals surface area contributed by atoms with Gasteiger partial charge in [-0.1, -0.05) is 30.3 Å². The molecule has 2 aromatic carbocycles. The molecule has 3 atom stereocenters. The van der Waals surface area contributed by atoms with E-state index in [1.54, 1.807) is 36.4 Å². The first-order chi connectivity index (χ1) is 20.1. The van der Waals surface area contributed by atoms with Crippen LogP contribution in [0.3, 0.4) is 0 Å². The third-order valence-electron chi connectivity index (χ3n) is 6.46. The van der Waals surface area contributed by atoms with E-state index in [4.69, 9.17) is 14.2 Å². The summed E-state index contributed by atoms with van der Waals surface area (Å²) < 4.78 is 33.0. The number of esters is 2. The number of imidazole rings is 1. The Bertz CT molecular complexity index is 1780. The summed E-state index contributed by atoms with van der Waals surface area (Å²) in [7, 11) is 0. The fourth-order valence-electron chi connectivity index (χ4n) is 4.80. The minimum atomic E-state index is -1.28. The Hall–Kier alpha value is -5.11. The predicted molar refractivity (Wildman–Crippen MR) is 145 cm³/mol. The van der Waals surface area contributed by atoms with Crippen LogP contribution in [-0.4, -0.2) is 55.8 Å². The Labute approximate surface area is 236 Å². The van der Waals surface area contributed by atoms with Gasteiger partial charge in [0, 0.05) is 20.3 Å². The summed E-state index contributed by atoms with van der Waals surface area (Å²) in [5.41, 5.74) is -1.16. The highest BCUT2D eigenvalue weighted by atomic mass is 19.1. The fourth-order valence-corrected chi connectivity index (χ4v) is 4.80. The zero-order valence-electron chi connectivity index (χ0n) is 22.5. The largest absolute Gasteiger partial charge is 0.459 e. The summed E-state index contributed by atoms with van der Waals surface area (Å²) in [4.78, 5) is 69.9. The summed E-state index contributed by atoms with van der Waals surface area (Å²) in [5, 5.41) is 2.38. The van der Waals surface area contributed by atoms with E-state index in [2.05, 4.69) is 15.3 Å². The van der Waals surface area contributed by atoms with Gasteiger partial charge in [0.15, 0.2) is 17.4 Å². The number of ether oxygens (including phenoxy) is 3. The van der Waals surface area contributed by atoms with Gasteiger partial charge in [0.25, 0.3) is 5.56 Å². The van der Waals surface area contributed by atoms with E-state index in [1.807, 2.05) is 0 Å². The van der Waals surface area contributed by atoms with Gasteiger partial charge in [-0.15, -0.1) is 0 Å². The maximum Gasteiger partial charge on any atom is 0.338 e. The van der Waals surface area contributed by atoms with E-state index in [9.17, 15) is 28.4 Å². The molecule has 1 fully saturated rings. The smallest absolute Gasteiger partial charge is 0.338 e. The SMILES string of the molecule is CC(=O)Nc1nc2c(c(=O)[nH]1)n(Cc1cccc(F)c1)c(=O)n2C1O[C@H](COC(=O)c2ccccc2)C[C@H]1OC(C)=O. The van der Waals surface area contributed by atoms with Crippen molar-refractivity contribution in [2.75, 3.05) is 11.9 Å². The lowest BCUT2D eigenvalue weighted by Crippen LogP contribution is -2.34. The van der Waals surface area contributed by atoms with Crippen molar-refractivity contribution in [1.82, 2.24) is 19.1 Å². The number of nitrogens with one attached hydrogen (secondary N) is 2. The molecule has 42 heavy (non-hydrogen) atoms. The standard InChI is InChI=1S/C28H26FN5O8/c1-15(35)30-27-31-23-22(24(37)32-27)33(13-17-7-6-10-19(29)11-17)28(39)34(23)25-21(41-16(2)36)12-20(42-25)14-40-26(38)18-8-4-3-5-9-18/h3-11,20-21,25H,12-14H2,1-2H3,(H2,30,31,32,35,37)/t20-,21+,25?/m0/s1. The number of aromatic amines is 1. The molecule has 0 spiro atoms. The summed E-state index contributed by atoms with van der Waals surface area (Å²) in [6.45, 7) is 1.98. The Balaban J connectivity index is 1.56. The number of H-pyrrole nitrogens is 1. The number of hydrogen-bond donors (Lipinski definition) is 2. The summed E-state index contributed by atoms with van der Waals surface area (Å²) >= 11 is 0. The van der Waals surface area contributed by atoms with Crippen LogP contribution in [0.15, 0.2) is 64.2 Å². The maximum atomic E-state index is 13.9. The molecule has 0 bridgehead atoms. The normalized spacial score (nSPS) is 18.1. The molecule has 5 rings (SSSR count). The van der Waals surface area contributed by atoms with Gasteiger partial charge in [-0.05, 0) is 29.8 Å². The highest BCUT2D eigenvalue weighted by Gasteiger charge is 2.42. The van der Waals surface area contributed by atoms with Crippen LogP contribution in [0.4, 0.5) is 10.3 Å². The van der Waals surface area contributed by atoms with Crippen LogP contribution in [0, 0.1) is 5.82 Å². The van der Waals surface area contributed by atoms with Gasteiger partial charge in [0.05, 0.1) is 18.2 Å². The van der Waals surface area contributed by atoms with Gasteiger partial charge < -0.3 is 14.2 Å². The second kappa shape index (κ2) is 11.8. The lowest BCUT2D eigenvalue weighted by Gasteiger charge is -2.19. The van der Waals surface area contributed by atoms with Crippen LogP contribution in [0.25, 0.3) is 11.2 Å². The monoisotopic (exact) mass is 579 g/mol. The van der Waals surface area contributed by atoms with E-state index >= 15 is 0 Å². The Morgan fingerprint density at radius 2 is 1.88 bits per heavy atom. The molecule has 1 aliphatic rings. The van der Waals surface area contributed by atoms with Crippen molar-refractivity contribution in [3.63, 3.8) is 0 Å². The zero-order valence-corrected chi connectivity index (χ0v) is 22.5. The van der Waals surface area contributed by atoms with Crippen LogP contribution in [0.1, 0.15) is 42.4 Å². The number of benzene rings is 2. The number of amides is 1. The second-order valence-corrected chi connectivity index (χ2v) is 9.63. The van der Waals surface area contributed by atoms with Gasteiger partial charge >= 0.3 is 17.6 Å². The van der Waals surface area contributed by atoms with Crippen LogP contribution >= 0.6 is 0 Å². The van der Waals surface area contributed by atoms with E-state index < -0.39 is 53.3 Å². The molecule has 4 aromatic rings. The Kier molecular flexibility index (Phi) is 7.97. The first-order valence-electron chi connectivity index (χ1n) is 12.9. The number of anilines is 1. The van der Waals surface area contributed by atoms with Crippen molar-refractivity contribution in [2.24, 2.45) is 0 Å². The average Bonchev–Trinajstić information content (AvgIpc) is 3.44. The summed E-state index contributed by atoms with van der Waals surface area (Å²) in [6, 6.07) is 13.8. The molecule has 3 heterocycles. The minimum absolute atomic E-state index is 0.0526. The molecule has 14 heteroatoms. The van der Waals surface area contributed by atoms with Crippen LogP contribution in [0.5, 0.6) is 0 Å². The summed E-state index contributed by atoms with van der Waals surface area (Å²) in [5.74, 6) is -2.54. The number of carbonyl (C=O) groups excluding carboxylic acids is 3. The number of halogens is 1. The third-order valence-corrected chi connectivity index (χ3v) is 6.46. The first-order valence-corrected chi connectivity index (χ1v) is 12.9. The molecule has 1 aliphatic heterocycles.